The summed E-state index contributed by atoms with van der Waals surface area (Å²) in [6.07, 6.45) is 1.77. The fraction of sp³-hybridized carbons (Fsp3) is 0.545. The van der Waals surface area contributed by atoms with Crippen LogP contribution in [0.2, 0.25) is 0 Å². The van der Waals surface area contributed by atoms with Crippen LogP contribution >= 0.6 is 0 Å². The first kappa shape index (κ1) is 9.62. The van der Waals surface area contributed by atoms with E-state index in [-0.39, 0.29) is 6.23 Å². The fourth-order valence-corrected chi connectivity index (χ4v) is 1.58. The van der Waals surface area contributed by atoms with Crippen molar-refractivity contribution in [2.24, 2.45) is 5.92 Å². The van der Waals surface area contributed by atoms with Crippen molar-refractivity contribution in [2.45, 2.75) is 26.1 Å². The predicted molar refractivity (Wildman–Crippen MR) is 54.7 cm³/mol. The van der Waals surface area contributed by atoms with Crippen LogP contribution in [0.3, 0.4) is 0 Å². The van der Waals surface area contributed by atoms with Crippen LogP contribution in [0.25, 0.3) is 0 Å². The van der Waals surface area contributed by atoms with Crippen LogP contribution in [0.1, 0.15) is 25.8 Å². The molecule has 2 atom stereocenters. The van der Waals surface area contributed by atoms with E-state index in [2.05, 4.69) is 24.1 Å². The lowest BCUT2D eigenvalue weighted by Crippen LogP contribution is -2.30. The minimum absolute atomic E-state index is 0.0244. The third-order valence-electron chi connectivity index (χ3n) is 2.57. The zero-order chi connectivity index (χ0) is 9.97. The van der Waals surface area contributed by atoms with Crippen LogP contribution in [-0.2, 0) is 4.74 Å². The van der Waals surface area contributed by atoms with Crippen LogP contribution in [-0.4, -0.2) is 17.6 Å². The number of nitrogens with one attached hydrogen (secondary N) is 1. The Morgan fingerprint density at radius 1 is 1.50 bits per heavy atom. The van der Waals surface area contributed by atoms with E-state index >= 15 is 0 Å². The summed E-state index contributed by atoms with van der Waals surface area (Å²) < 4.78 is 5.64. The van der Waals surface area contributed by atoms with Crippen molar-refractivity contribution in [3.8, 4) is 0 Å². The van der Waals surface area contributed by atoms with Gasteiger partial charge in [0.15, 0.2) is 6.23 Å². The molecule has 0 spiro atoms. The molecule has 1 N–H and O–H groups in total. The lowest BCUT2D eigenvalue weighted by atomic mass is 10.1. The Morgan fingerprint density at radius 2 is 2.36 bits per heavy atom. The largest absolute Gasteiger partial charge is 0.356 e. The Labute approximate surface area is 84.5 Å². The molecule has 0 aromatic carbocycles. The standard InChI is InChI=1S/C11H16N2O/c1-8(2)10-7-14-11(13-10)9-5-3-4-6-12-9/h3-6,8,10-11,13H,7H2,1-2H3/t10-,11-/m1/s1. The molecule has 1 aliphatic rings. The molecule has 0 aliphatic carbocycles. The van der Waals surface area contributed by atoms with Gasteiger partial charge in [-0.2, -0.15) is 0 Å². The molecule has 14 heavy (non-hydrogen) atoms. The van der Waals surface area contributed by atoms with Crippen LogP contribution in [0, 0.1) is 5.92 Å². The summed E-state index contributed by atoms with van der Waals surface area (Å²) in [5.74, 6) is 0.601. The molecule has 1 aliphatic heterocycles. The van der Waals surface area contributed by atoms with Gasteiger partial charge in [0.25, 0.3) is 0 Å². The molecule has 0 unspecified atom stereocenters. The van der Waals surface area contributed by atoms with Crippen LogP contribution < -0.4 is 5.32 Å². The van der Waals surface area contributed by atoms with Gasteiger partial charge < -0.3 is 4.74 Å². The molecule has 1 saturated heterocycles. The molecule has 76 valence electrons. The van der Waals surface area contributed by atoms with Crippen molar-refractivity contribution in [1.82, 2.24) is 10.3 Å². The van der Waals surface area contributed by atoms with E-state index in [4.69, 9.17) is 4.74 Å². The van der Waals surface area contributed by atoms with E-state index in [0.717, 1.165) is 12.3 Å². The topological polar surface area (TPSA) is 34.1 Å². The van der Waals surface area contributed by atoms with Crippen LogP contribution in [0.15, 0.2) is 24.4 Å². The normalized spacial score (nSPS) is 27.1. The predicted octanol–water partition coefficient (Wildman–Crippen LogP) is 1.72. The molecule has 3 heteroatoms. The lowest BCUT2D eigenvalue weighted by molar-refractivity contribution is 0.0966. The second-order valence-electron chi connectivity index (χ2n) is 3.99. The highest BCUT2D eigenvalue weighted by atomic mass is 16.5. The summed E-state index contributed by atoms with van der Waals surface area (Å²) >= 11 is 0. The molecule has 2 rings (SSSR count). The lowest BCUT2D eigenvalue weighted by Gasteiger charge is -2.14. The van der Waals surface area contributed by atoms with Crippen LogP contribution in [0.4, 0.5) is 0 Å². The minimum atomic E-state index is -0.0244. The van der Waals surface area contributed by atoms with E-state index < -0.39 is 0 Å². The Morgan fingerprint density at radius 3 is 2.93 bits per heavy atom. The highest BCUT2D eigenvalue weighted by Crippen LogP contribution is 2.21. The van der Waals surface area contributed by atoms with Gasteiger partial charge in [-0.05, 0) is 18.1 Å². The number of hydrogen-bond acceptors (Lipinski definition) is 3. The van der Waals surface area contributed by atoms with Crippen molar-refractivity contribution in [3.05, 3.63) is 30.1 Å². The smallest absolute Gasteiger partial charge is 0.151 e. The number of pyridine rings is 1. The molecule has 0 bridgehead atoms. The number of hydrogen-bond donors (Lipinski definition) is 1. The van der Waals surface area contributed by atoms with Gasteiger partial charge in [0.1, 0.15) is 0 Å². The Hall–Kier alpha value is -0.930. The first-order valence-corrected chi connectivity index (χ1v) is 5.06. The molecular weight excluding hydrogens is 176 g/mol. The number of ether oxygens (including phenoxy) is 1. The average Bonchev–Trinajstić information content (AvgIpc) is 2.68. The van der Waals surface area contributed by atoms with Crippen molar-refractivity contribution in [2.75, 3.05) is 6.61 Å². The Kier molecular flexibility index (Phi) is 2.79. The minimum Gasteiger partial charge on any atom is -0.356 e. The van der Waals surface area contributed by atoms with Gasteiger partial charge in [-0.25, -0.2) is 0 Å². The monoisotopic (exact) mass is 192 g/mol. The van der Waals surface area contributed by atoms with E-state index in [9.17, 15) is 0 Å². The van der Waals surface area contributed by atoms with Crippen molar-refractivity contribution in [3.63, 3.8) is 0 Å². The molecule has 1 fully saturated rings. The quantitative estimate of drug-likeness (QED) is 0.774. The van der Waals surface area contributed by atoms with Gasteiger partial charge in [-0.3, -0.25) is 10.3 Å². The summed E-state index contributed by atoms with van der Waals surface area (Å²) in [6.45, 7) is 5.17. The maximum atomic E-state index is 5.64. The number of rotatable bonds is 2. The van der Waals surface area contributed by atoms with E-state index in [1.54, 1.807) is 6.20 Å². The van der Waals surface area contributed by atoms with Crippen LogP contribution in [0.5, 0.6) is 0 Å². The molecule has 3 nitrogen and oxygen atoms in total. The number of nitrogens with zero attached hydrogens (tertiary/aromatic N) is 1. The van der Waals surface area contributed by atoms with Gasteiger partial charge >= 0.3 is 0 Å². The Bertz CT molecular complexity index is 287. The number of aromatic nitrogens is 1. The summed E-state index contributed by atoms with van der Waals surface area (Å²) in [5.41, 5.74) is 0.968. The van der Waals surface area contributed by atoms with Gasteiger partial charge in [0.05, 0.1) is 12.3 Å². The van der Waals surface area contributed by atoms with Crippen molar-refractivity contribution < 1.29 is 4.74 Å². The van der Waals surface area contributed by atoms with E-state index in [1.165, 1.54) is 0 Å². The molecule has 2 heterocycles. The summed E-state index contributed by atoms with van der Waals surface area (Å²) in [4.78, 5) is 4.27. The molecule has 0 radical (unpaired) electrons. The highest BCUT2D eigenvalue weighted by Gasteiger charge is 2.27. The first-order valence-electron chi connectivity index (χ1n) is 5.06. The first-order chi connectivity index (χ1) is 6.77. The molecule has 1 aromatic heterocycles. The summed E-state index contributed by atoms with van der Waals surface area (Å²) in [5, 5.41) is 3.42. The Balaban J connectivity index is 2.03. The maximum Gasteiger partial charge on any atom is 0.151 e. The molecule has 1 aromatic rings. The molecular formula is C11H16N2O. The average molecular weight is 192 g/mol. The summed E-state index contributed by atoms with van der Waals surface area (Å²) in [7, 11) is 0. The van der Waals surface area contributed by atoms with E-state index in [1.807, 2.05) is 18.2 Å². The van der Waals surface area contributed by atoms with E-state index in [0.29, 0.717) is 12.0 Å². The zero-order valence-electron chi connectivity index (χ0n) is 8.60. The summed E-state index contributed by atoms with van der Waals surface area (Å²) in [6, 6.07) is 6.33. The second kappa shape index (κ2) is 4.07. The van der Waals surface area contributed by atoms with Gasteiger partial charge in [-0.1, -0.05) is 19.9 Å². The maximum absolute atomic E-state index is 5.64. The third-order valence-corrected chi connectivity index (χ3v) is 2.57. The SMILES string of the molecule is CC(C)[C@H]1CO[C@H](c2ccccn2)N1. The van der Waals surface area contributed by atoms with Crippen molar-refractivity contribution >= 4 is 0 Å². The third kappa shape index (κ3) is 1.94. The van der Waals surface area contributed by atoms with Gasteiger partial charge in [0.2, 0.25) is 0 Å². The molecule has 0 saturated carbocycles. The molecule has 0 amide bonds. The van der Waals surface area contributed by atoms with Gasteiger partial charge in [0, 0.05) is 12.2 Å². The van der Waals surface area contributed by atoms with Gasteiger partial charge in [-0.15, -0.1) is 0 Å². The second-order valence-corrected chi connectivity index (χ2v) is 3.99. The highest BCUT2D eigenvalue weighted by molar-refractivity contribution is 5.07. The van der Waals surface area contributed by atoms with Crippen molar-refractivity contribution in [1.29, 1.82) is 0 Å². The zero-order valence-corrected chi connectivity index (χ0v) is 8.60. The fourth-order valence-electron chi connectivity index (χ4n) is 1.58.